The van der Waals surface area contributed by atoms with Crippen molar-refractivity contribution in [3.05, 3.63) is 71.7 Å². The fraction of sp³-hybridized carbons (Fsp3) is 0.333. The lowest BCUT2D eigenvalue weighted by Crippen LogP contribution is -2.38. The minimum Gasteiger partial charge on any atom is -0.476 e. The van der Waals surface area contributed by atoms with Gasteiger partial charge in [-0.1, -0.05) is 6.92 Å². The minimum atomic E-state index is -1.19. The smallest absolute Gasteiger partial charge is 0.251 e. The summed E-state index contributed by atoms with van der Waals surface area (Å²) in [6, 6.07) is 9.76. The summed E-state index contributed by atoms with van der Waals surface area (Å²) >= 11 is 0. The summed E-state index contributed by atoms with van der Waals surface area (Å²) in [4.78, 5) is 21.6. The Morgan fingerprint density at radius 2 is 1.93 bits per heavy atom. The maximum Gasteiger partial charge on any atom is 0.251 e. The lowest BCUT2D eigenvalue weighted by atomic mass is 10.0. The molecule has 0 aliphatic carbocycles. The van der Waals surface area contributed by atoms with Gasteiger partial charge in [0.25, 0.3) is 5.91 Å². The highest BCUT2D eigenvalue weighted by Crippen LogP contribution is 2.32. The average molecular weight is 579 g/mol. The summed E-state index contributed by atoms with van der Waals surface area (Å²) in [5.74, 6) is -2.43. The molecule has 2 aromatic carbocycles. The van der Waals surface area contributed by atoms with Crippen molar-refractivity contribution >= 4 is 23.1 Å². The number of rotatable bonds is 13. The Labute approximate surface area is 243 Å². The van der Waals surface area contributed by atoms with E-state index in [9.17, 15) is 13.6 Å². The number of aromatic nitrogens is 3. The number of fused-ring (bicyclic) bond motifs is 1. The van der Waals surface area contributed by atoms with Gasteiger partial charge < -0.3 is 24.6 Å². The van der Waals surface area contributed by atoms with Crippen LogP contribution >= 0.6 is 0 Å². The summed E-state index contributed by atoms with van der Waals surface area (Å²) in [5.41, 5.74) is 2.78. The molecule has 0 fully saturated rings. The molecule has 2 heterocycles. The van der Waals surface area contributed by atoms with Gasteiger partial charge in [-0.25, -0.2) is 14.4 Å². The highest BCUT2D eigenvalue weighted by atomic mass is 19.2. The molecular formula is C30H34F2N7O3+. The second-order valence-corrected chi connectivity index (χ2v) is 10.5. The van der Waals surface area contributed by atoms with E-state index in [4.69, 9.17) is 14.7 Å². The molecule has 42 heavy (non-hydrogen) atoms. The number of aryl methyl sites for hydroxylation is 1. The van der Waals surface area contributed by atoms with Gasteiger partial charge in [0, 0.05) is 35.8 Å². The molecule has 0 aliphatic rings. The van der Waals surface area contributed by atoms with Crippen molar-refractivity contribution in [2.24, 2.45) is 0 Å². The summed E-state index contributed by atoms with van der Waals surface area (Å²) in [6.45, 7) is 3.91. The van der Waals surface area contributed by atoms with E-state index in [-0.39, 0.29) is 17.2 Å². The van der Waals surface area contributed by atoms with Crippen LogP contribution in [0.1, 0.15) is 22.8 Å². The topological polar surface area (TPSA) is 114 Å². The molecule has 2 N–H and O–H groups in total. The van der Waals surface area contributed by atoms with Crippen LogP contribution in [-0.2, 0) is 11.2 Å². The molecule has 2 aromatic heterocycles. The molecule has 0 aliphatic heterocycles. The third kappa shape index (κ3) is 7.18. The number of imidazole rings is 1. The molecule has 0 spiro atoms. The Morgan fingerprint density at radius 3 is 2.67 bits per heavy atom. The number of hydrogen-bond donors (Lipinski definition) is 2. The number of ether oxygens (including phenoxy) is 2. The zero-order valence-corrected chi connectivity index (χ0v) is 24.1. The number of carbonyl (C=O) groups is 1. The summed E-state index contributed by atoms with van der Waals surface area (Å²) < 4.78 is 42.5. The Kier molecular flexibility index (Phi) is 9.67. The number of hydrogen-bond acceptors (Lipinski definition) is 7. The van der Waals surface area contributed by atoms with E-state index < -0.39 is 18.2 Å². The van der Waals surface area contributed by atoms with E-state index in [2.05, 4.69) is 41.7 Å². The summed E-state index contributed by atoms with van der Waals surface area (Å²) in [7, 11) is 6.29. The van der Waals surface area contributed by atoms with Crippen LogP contribution in [-0.4, -0.2) is 78.8 Å². The fourth-order valence-electron chi connectivity index (χ4n) is 4.25. The van der Waals surface area contributed by atoms with Crippen molar-refractivity contribution in [2.45, 2.75) is 13.3 Å². The van der Waals surface area contributed by atoms with E-state index in [0.717, 1.165) is 16.6 Å². The van der Waals surface area contributed by atoms with Crippen LogP contribution in [0.15, 0.2) is 48.9 Å². The Bertz CT molecular complexity index is 1610. The first-order valence-electron chi connectivity index (χ1n) is 13.5. The van der Waals surface area contributed by atoms with Crippen LogP contribution < -0.4 is 15.4 Å². The van der Waals surface area contributed by atoms with E-state index in [1.807, 2.05) is 13.0 Å². The van der Waals surface area contributed by atoms with Crippen molar-refractivity contribution in [3.8, 4) is 23.1 Å². The van der Waals surface area contributed by atoms with Crippen molar-refractivity contribution in [1.29, 1.82) is 5.26 Å². The number of halogens is 2. The van der Waals surface area contributed by atoms with Gasteiger partial charge in [-0.2, -0.15) is 9.65 Å². The highest BCUT2D eigenvalue weighted by Gasteiger charge is 2.20. The SMILES string of the molecule is CCc1cc(Nc2nccn3c(-c4ccc(OCC#N)c(F)c4F)cnc23)ccc1C(=O)NCCOCC[N+](C)(C)C. The Morgan fingerprint density at radius 1 is 1.12 bits per heavy atom. The molecule has 0 bridgehead atoms. The number of nitriles is 1. The van der Waals surface area contributed by atoms with Crippen molar-refractivity contribution in [2.75, 3.05) is 59.4 Å². The maximum atomic E-state index is 14.9. The number of likely N-dealkylation sites (N-methyl/N-ethyl adjacent to an activating group) is 1. The second-order valence-electron chi connectivity index (χ2n) is 10.5. The number of benzene rings is 2. The van der Waals surface area contributed by atoms with Gasteiger partial charge in [0.05, 0.1) is 46.2 Å². The number of nitrogens with one attached hydrogen (secondary N) is 2. The van der Waals surface area contributed by atoms with Crippen LogP contribution in [0.5, 0.6) is 5.75 Å². The minimum absolute atomic E-state index is 0.0242. The fourth-order valence-corrected chi connectivity index (χ4v) is 4.25. The molecule has 0 saturated heterocycles. The van der Waals surface area contributed by atoms with Crippen LogP contribution in [0.2, 0.25) is 0 Å². The quantitative estimate of drug-likeness (QED) is 0.179. The van der Waals surface area contributed by atoms with E-state index in [1.54, 1.807) is 28.8 Å². The molecule has 0 radical (unpaired) electrons. The second kappa shape index (κ2) is 13.4. The van der Waals surface area contributed by atoms with Gasteiger partial charge in [-0.05, 0) is 42.3 Å². The molecule has 1 amide bonds. The standard InChI is InChI=1S/C30H33F2N7O3/c1-5-20-18-21(6-7-22(20)30(40)35-12-16-41-17-14-39(2,3)4)37-28-29-36-19-24(38(29)13-11-34-28)23-8-9-25(42-15-10-33)27(32)26(23)31/h6-9,11,13,18-19H,5,12,14-17H2,1-4H3,(H-,34,35,37,40)/p+1. The van der Waals surface area contributed by atoms with Gasteiger partial charge >= 0.3 is 0 Å². The lowest BCUT2D eigenvalue weighted by molar-refractivity contribution is -0.870. The maximum absolute atomic E-state index is 14.9. The first kappa shape index (κ1) is 30.4. The molecule has 220 valence electrons. The molecule has 4 aromatic rings. The van der Waals surface area contributed by atoms with Crippen LogP contribution in [0.25, 0.3) is 16.9 Å². The third-order valence-electron chi connectivity index (χ3n) is 6.47. The van der Waals surface area contributed by atoms with Gasteiger partial charge in [0.15, 0.2) is 29.6 Å². The van der Waals surface area contributed by atoms with E-state index >= 15 is 0 Å². The van der Waals surface area contributed by atoms with Crippen molar-refractivity contribution in [1.82, 2.24) is 19.7 Å². The summed E-state index contributed by atoms with van der Waals surface area (Å²) in [6.07, 6.45) is 5.16. The first-order valence-corrected chi connectivity index (χ1v) is 13.5. The van der Waals surface area contributed by atoms with Crippen LogP contribution in [0, 0.1) is 23.0 Å². The molecule has 12 heteroatoms. The number of amides is 1. The van der Waals surface area contributed by atoms with E-state index in [0.29, 0.717) is 54.6 Å². The Balaban J connectivity index is 1.48. The zero-order chi connectivity index (χ0) is 30.3. The van der Waals surface area contributed by atoms with Gasteiger partial charge in [0.2, 0.25) is 5.82 Å². The molecule has 0 unspecified atom stereocenters. The van der Waals surface area contributed by atoms with Crippen molar-refractivity contribution < 1.29 is 27.5 Å². The van der Waals surface area contributed by atoms with E-state index in [1.165, 1.54) is 24.5 Å². The predicted molar refractivity (Wildman–Crippen MR) is 155 cm³/mol. The number of carbonyl (C=O) groups excluding carboxylic acids is 1. The summed E-state index contributed by atoms with van der Waals surface area (Å²) in [5, 5.41) is 14.8. The lowest BCUT2D eigenvalue weighted by Gasteiger charge is -2.23. The molecule has 4 rings (SSSR count). The van der Waals surface area contributed by atoms with Gasteiger partial charge in [-0.3, -0.25) is 9.20 Å². The van der Waals surface area contributed by atoms with Crippen molar-refractivity contribution in [3.63, 3.8) is 0 Å². The van der Waals surface area contributed by atoms with Gasteiger partial charge in [-0.15, -0.1) is 0 Å². The van der Waals surface area contributed by atoms with Crippen LogP contribution in [0.4, 0.5) is 20.3 Å². The Hall–Kier alpha value is -4.60. The van der Waals surface area contributed by atoms with Crippen LogP contribution in [0.3, 0.4) is 0 Å². The number of anilines is 2. The normalized spacial score (nSPS) is 11.4. The zero-order valence-electron chi connectivity index (χ0n) is 24.1. The molecule has 10 nitrogen and oxygen atoms in total. The largest absolute Gasteiger partial charge is 0.476 e. The molecular weight excluding hydrogens is 544 g/mol. The molecule has 0 saturated carbocycles. The van der Waals surface area contributed by atoms with Gasteiger partial charge in [0.1, 0.15) is 12.6 Å². The molecule has 0 atom stereocenters. The predicted octanol–water partition coefficient (Wildman–Crippen LogP) is 4.34. The average Bonchev–Trinajstić information content (AvgIpc) is 3.40. The number of quaternary nitrogens is 1. The first-order chi connectivity index (χ1) is 20.1. The third-order valence-corrected chi connectivity index (χ3v) is 6.47. The monoisotopic (exact) mass is 578 g/mol. The highest BCUT2D eigenvalue weighted by molar-refractivity contribution is 5.96. The number of nitrogens with zero attached hydrogens (tertiary/aromatic N) is 5.